The molecule has 0 spiro atoms. The van der Waals surface area contributed by atoms with Crippen molar-refractivity contribution in [3.05, 3.63) is 83.7 Å². The van der Waals surface area contributed by atoms with Gasteiger partial charge in [0.2, 0.25) is 0 Å². The van der Waals surface area contributed by atoms with Gasteiger partial charge in [0.1, 0.15) is 11.4 Å². The highest BCUT2D eigenvalue weighted by Crippen LogP contribution is 2.29. The Balaban J connectivity index is 1.79. The number of hydrogen-bond donors (Lipinski definition) is 2. The SMILES string of the molecule is COC(=O)c1ccc(-c2ccc(-c3ccc(C(=O)OC)[nH]3)n2Cc2ccccc2)[nH]1. The summed E-state index contributed by atoms with van der Waals surface area (Å²) in [7, 11) is 2.70. The Labute approximate surface area is 173 Å². The van der Waals surface area contributed by atoms with Crippen molar-refractivity contribution in [1.82, 2.24) is 14.5 Å². The molecule has 0 saturated carbocycles. The van der Waals surface area contributed by atoms with Crippen LogP contribution in [0, 0.1) is 0 Å². The fourth-order valence-electron chi connectivity index (χ4n) is 3.42. The van der Waals surface area contributed by atoms with Crippen molar-refractivity contribution in [2.45, 2.75) is 6.54 Å². The van der Waals surface area contributed by atoms with E-state index in [0.717, 1.165) is 28.3 Å². The number of carbonyl (C=O) groups is 2. The fourth-order valence-corrected chi connectivity index (χ4v) is 3.42. The molecule has 30 heavy (non-hydrogen) atoms. The minimum atomic E-state index is -0.422. The zero-order valence-corrected chi connectivity index (χ0v) is 16.6. The normalized spacial score (nSPS) is 10.7. The maximum atomic E-state index is 11.8. The number of rotatable bonds is 6. The van der Waals surface area contributed by atoms with E-state index in [0.29, 0.717) is 17.9 Å². The third-order valence-electron chi connectivity index (χ3n) is 4.90. The van der Waals surface area contributed by atoms with E-state index in [1.165, 1.54) is 14.2 Å². The number of nitrogens with one attached hydrogen (secondary N) is 2. The zero-order chi connectivity index (χ0) is 21.1. The first-order valence-electron chi connectivity index (χ1n) is 9.39. The van der Waals surface area contributed by atoms with Gasteiger partial charge in [0.05, 0.1) is 37.0 Å². The molecule has 2 N–H and O–H groups in total. The molecule has 0 aliphatic carbocycles. The Bertz CT molecular complexity index is 1110. The van der Waals surface area contributed by atoms with Crippen LogP contribution in [0.4, 0.5) is 0 Å². The van der Waals surface area contributed by atoms with Gasteiger partial charge in [0, 0.05) is 6.54 Å². The van der Waals surface area contributed by atoms with Crippen molar-refractivity contribution in [3.63, 3.8) is 0 Å². The fraction of sp³-hybridized carbons (Fsp3) is 0.130. The molecule has 0 bridgehead atoms. The molecule has 4 aromatic rings. The number of esters is 2. The standard InChI is InChI=1S/C23H21N3O4/c1-29-22(27)18-10-8-16(24-18)20-12-13-21(17-9-11-19(25-17)23(28)30-2)26(20)14-15-6-4-3-5-7-15/h3-13,24-25H,14H2,1-2H3. The molecule has 7 nitrogen and oxygen atoms in total. The Morgan fingerprint density at radius 3 is 1.70 bits per heavy atom. The number of benzene rings is 1. The van der Waals surface area contributed by atoms with E-state index in [-0.39, 0.29) is 0 Å². The lowest BCUT2D eigenvalue weighted by molar-refractivity contribution is 0.0586. The average molecular weight is 403 g/mol. The van der Waals surface area contributed by atoms with Gasteiger partial charge in [-0.25, -0.2) is 9.59 Å². The molecule has 1 aromatic carbocycles. The molecule has 4 rings (SSSR count). The van der Waals surface area contributed by atoms with Crippen LogP contribution in [0.1, 0.15) is 26.5 Å². The predicted octanol–water partition coefficient (Wildman–Crippen LogP) is 4.10. The maximum Gasteiger partial charge on any atom is 0.354 e. The number of aromatic amines is 2. The van der Waals surface area contributed by atoms with Crippen LogP contribution in [0.2, 0.25) is 0 Å². The van der Waals surface area contributed by atoms with Gasteiger partial charge in [-0.1, -0.05) is 30.3 Å². The number of carbonyl (C=O) groups excluding carboxylic acids is 2. The first kappa shape index (κ1) is 19.3. The van der Waals surface area contributed by atoms with Crippen LogP contribution in [-0.2, 0) is 16.0 Å². The molecule has 7 heteroatoms. The smallest absolute Gasteiger partial charge is 0.354 e. The molecule has 0 aliphatic rings. The van der Waals surface area contributed by atoms with Gasteiger partial charge in [-0.15, -0.1) is 0 Å². The monoisotopic (exact) mass is 403 g/mol. The molecule has 152 valence electrons. The van der Waals surface area contributed by atoms with Crippen LogP contribution in [0.3, 0.4) is 0 Å². The molecule has 3 aromatic heterocycles. The van der Waals surface area contributed by atoms with Gasteiger partial charge in [-0.3, -0.25) is 0 Å². The molecule has 3 heterocycles. The lowest BCUT2D eigenvalue weighted by Crippen LogP contribution is -2.05. The van der Waals surface area contributed by atoms with Gasteiger partial charge in [0.15, 0.2) is 0 Å². The first-order valence-corrected chi connectivity index (χ1v) is 9.39. The molecule has 0 aliphatic heterocycles. The van der Waals surface area contributed by atoms with Gasteiger partial charge in [-0.05, 0) is 42.0 Å². The summed E-state index contributed by atoms with van der Waals surface area (Å²) in [4.78, 5) is 29.9. The number of H-pyrrole nitrogens is 2. The summed E-state index contributed by atoms with van der Waals surface area (Å²) < 4.78 is 11.7. The third kappa shape index (κ3) is 3.65. The molecule has 0 unspecified atom stereocenters. The Morgan fingerprint density at radius 1 is 0.733 bits per heavy atom. The summed E-state index contributed by atoms with van der Waals surface area (Å²) in [6, 6.07) is 21.1. The van der Waals surface area contributed by atoms with Crippen molar-refractivity contribution in [2.75, 3.05) is 14.2 Å². The number of nitrogens with zero attached hydrogens (tertiary/aromatic N) is 1. The Hall–Kier alpha value is -4.00. The van der Waals surface area contributed by atoms with Crippen molar-refractivity contribution < 1.29 is 19.1 Å². The van der Waals surface area contributed by atoms with E-state index < -0.39 is 11.9 Å². The topological polar surface area (TPSA) is 89.1 Å². The van der Waals surface area contributed by atoms with Crippen molar-refractivity contribution in [3.8, 4) is 22.8 Å². The second kappa shape index (κ2) is 8.16. The highest BCUT2D eigenvalue weighted by Gasteiger charge is 2.17. The number of hydrogen-bond acceptors (Lipinski definition) is 4. The van der Waals surface area contributed by atoms with Crippen LogP contribution in [0.15, 0.2) is 66.7 Å². The average Bonchev–Trinajstić information content (AvgIpc) is 3.52. The maximum absolute atomic E-state index is 11.8. The zero-order valence-electron chi connectivity index (χ0n) is 16.6. The van der Waals surface area contributed by atoms with E-state index in [1.54, 1.807) is 12.1 Å². The van der Waals surface area contributed by atoms with Gasteiger partial charge < -0.3 is 24.0 Å². The molecule has 0 amide bonds. The van der Waals surface area contributed by atoms with Crippen LogP contribution in [-0.4, -0.2) is 40.7 Å². The van der Waals surface area contributed by atoms with E-state index in [1.807, 2.05) is 42.5 Å². The first-order chi connectivity index (χ1) is 14.6. The highest BCUT2D eigenvalue weighted by atomic mass is 16.5. The van der Waals surface area contributed by atoms with Crippen molar-refractivity contribution >= 4 is 11.9 Å². The van der Waals surface area contributed by atoms with E-state index in [2.05, 4.69) is 26.7 Å². The Kier molecular flexibility index (Phi) is 5.26. The van der Waals surface area contributed by atoms with Crippen molar-refractivity contribution in [2.24, 2.45) is 0 Å². The summed E-state index contributed by atoms with van der Waals surface area (Å²) in [5, 5.41) is 0. The molecular weight excluding hydrogens is 382 g/mol. The quantitative estimate of drug-likeness (QED) is 0.475. The van der Waals surface area contributed by atoms with Gasteiger partial charge in [0.25, 0.3) is 0 Å². The summed E-state index contributed by atoms with van der Waals surface area (Å²) in [6.07, 6.45) is 0. The molecule has 0 radical (unpaired) electrons. The van der Waals surface area contributed by atoms with Crippen LogP contribution in [0.25, 0.3) is 22.8 Å². The summed E-state index contributed by atoms with van der Waals surface area (Å²) in [5.41, 5.74) is 5.27. The summed E-state index contributed by atoms with van der Waals surface area (Å²) in [6.45, 7) is 0.609. The lowest BCUT2D eigenvalue weighted by Gasteiger charge is -2.13. The van der Waals surface area contributed by atoms with Crippen LogP contribution >= 0.6 is 0 Å². The van der Waals surface area contributed by atoms with Crippen molar-refractivity contribution in [1.29, 1.82) is 0 Å². The Morgan fingerprint density at radius 2 is 1.23 bits per heavy atom. The molecule has 0 atom stereocenters. The van der Waals surface area contributed by atoms with E-state index in [4.69, 9.17) is 9.47 Å². The second-order valence-electron chi connectivity index (χ2n) is 6.73. The second-order valence-corrected chi connectivity index (χ2v) is 6.73. The minimum Gasteiger partial charge on any atom is -0.464 e. The molecule has 0 saturated heterocycles. The minimum absolute atomic E-state index is 0.384. The van der Waals surface area contributed by atoms with E-state index in [9.17, 15) is 9.59 Å². The van der Waals surface area contributed by atoms with Gasteiger partial charge >= 0.3 is 11.9 Å². The molecule has 0 fully saturated rings. The van der Waals surface area contributed by atoms with Crippen LogP contribution < -0.4 is 0 Å². The third-order valence-corrected chi connectivity index (χ3v) is 4.90. The number of ether oxygens (including phenoxy) is 2. The number of aromatic nitrogens is 3. The molecular formula is C23H21N3O4. The summed E-state index contributed by atoms with van der Waals surface area (Å²) in [5.74, 6) is -0.843. The largest absolute Gasteiger partial charge is 0.464 e. The van der Waals surface area contributed by atoms with Crippen LogP contribution in [0.5, 0.6) is 0 Å². The lowest BCUT2D eigenvalue weighted by atomic mass is 10.2. The van der Waals surface area contributed by atoms with Gasteiger partial charge in [-0.2, -0.15) is 0 Å². The number of methoxy groups -OCH3 is 2. The highest BCUT2D eigenvalue weighted by molar-refractivity contribution is 5.89. The predicted molar refractivity (Wildman–Crippen MR) is 112 cm³/mol. The summed E-state index contributed by atoms with van der Waals surface area (Å²) >= 11 is 0. The van der Waals surface area contributed by atoms with E-state index >= 15 is 0 Å².